The summed E-state index contributed by atoms with van der Waals surface area (Å²) in [4.78, 5) is 2.88. The van der Waals surface area contributed by atoms with Crippen LogP contribution in [0.5, 0.6) is 0 Å². The van der Waals surface area contributed by atoms with Gasteiger partial charge in [-0.2, -0.15) is 0 Å². The molecule has 0 aliphatic carbocycles. The molecule has 0 amide bonds. The molecule has 2 aromatic rings. The van der Waals surface area contributed by atoms with E-state index in [9.17, 15) is 0 Å². The van der Waals surface area contributed by atoms with Gasteiger partial charge >= 0.3 is 0 Å². The highest BCUT2D eigenvalue weighted by Crippen LogP contribution is 2.30. The lowest BCUT2D eigenvalue weighted by Gasteiger charge is -2.21. The largest absolute Gasteiger partial charge is 0.195 e. The molecule has 0 bridgehead atoms. The predicted octanol–water partition coefficient (Wildman–Crippen LogP) is 2.72. The van der Waals surface area contributed by atoms with E-state index in [1.54, 1.807) is 0 Å². The molecule has 0 saturated heterocycles. The lowest BCUT2D eigenvalue weighted by Crippen LogP contribution is -2.35. The summed E-state index contributed by atoms with van der Waals surface area (Å²) in [5.41, 5.74) is 7.36. The fraction of sp³-hybridized carbons (Fsp3) is 0.250. The highest BCUT2D eigenvalue weighted by molar-refractivity contribution is 8.00. The van der Waals surface area contributed by atoms with Gasteiger partial charge in [-0.3, -0.25) is 0 Å². The summed E-state index contributed by atoms with van der Waals surface area (Å²) in [7, 11) is 1.09. The van der Waals surface area contributed by atoms with Crippen molar-refractivity contribution in [2.75, 3.05) is 0 Å². The van der Waals surface area contributed by atoms with Crippen molar-refractivity contribution < 1.29 is 0 Å². The van der Waals surface area contributed by atoms with Crippen LogP contribution in [-0.4, -0.2) is 7.28 Å². The number of aryl methyl sites for hydroxylation is 3. The average molecular weight is 252 g/mol. The molecule has 18 heavy (non-hydrogen) atoms. The summed E-state index contributed by atoms with van der Waals surface area (Å²) >= 11 is 1.93. The Kier molecular flexibility index (Phi) is 2.99. The smallest absolute Gasteiger partial charge is 0.0912 e. The Morgan fingerprint density at radius 1 is 1.06 bits per heavy atom. The van der Waals surface area contributed by atoms with Crippen LogP contribution in [0.1, 0.15) is 23.6 Å². The van der Waals surface area contributed by atoms with Crippen LogP contribution >= 0.6 is 11.8 Å². The molecule has 0 aromatic heterocycles. The Balaban J connectivity index is 2.11. The number of rotatable bonds is 1. The number of fused-ring (bicyclic) bond motifs is 2. The van der Waals surface area contributed by atoms with E-state index in [1.807, 2.05) is 11.8 Å². The highest BCUT2D eigenvalue weighted by Gasteiger charge is 2.19. The van der Waals surface area contributed by atoms with Gasteiger partial charge in [-0.25, -0.2) is 0 Å². The van der Waals surface area contributed by atoms with E-state index in [2.05, 4.69) is 51.1 Å². The first-order valence-electron chi connectivity index (χ1n) is 6.57. The van der Waals surface area contributed by atoms with Crippen LogP contribution in [0.2, 0.25) is 0 Å². The van der Waals surface area contributed by atoms with E-state index in [1.165, 1.54) is 37.4 Å². The molecule has 2 aromatic carbocycles. The normalized spacial score (nSPS) is 12.6. The maximum absolute atomic E-state index is 2.41. The van der Waals surface area contributed by atoms with Gasteiger partial charge in [-0.05, 0) is 43.5 Å². The molecule has 0 nitrogen and oxygen atoms in total. The van der Waals surface area contributed by atoms with Crippen LogP contribution in [0, 0.1) is 13.8 Å². The minimum Gasteiger partial charge on any atom is -0.0912 e. The molecule has 0 atom stereocenters. The Bertz CT molecular complexity index is 617. The summed E-state index contributed by atoms with van der Waals surface area (Å²) in [6.45, 7) is 6.69. The molecule has 1 aliphatic heterocycles. The summed E-state index contributed by atoms with van der Waals surface area (Å²) in [6, 6.07) is 11.4. The quantitative estimate of drug-likeness (QED) is 0.600. The third-order valence-corrected chi connectivity index (χ3v) is 5.06. The summed E-state index contributed by atoms with van der Waals surface area (Å²) in [5, 5.41) is 0. The van der Waals surface area contributed by atoms with Crippen molar-refractivity contribution in [2.24, 2.45) is 0 Å². The third kappa shape index (κ3) is 1.89. The standard InChI is InChI=1S/C16H17BS/c1-4-12-9-13-15(8-11(12)3)18-14-7-5-6-10(2)16(14)17-13/h5-9,17H,4H2,1-3H3. The van der Waals surface area contributed by atoms with E-state index >= 15 is 0 Å². The van der Waals surface area contributed by atoms with Crippen molar-refractivity contribution in [1.29, 1.82) is 0 Å². The Morgan fingerprint density at radius 3 is 2.67 bits per heavy atom. The molecule has 0 N–H and O–H groups in total. The van der Waals surface area contributed by atoms with Crippen LogP contribution in [0.25, 0.3) is 0 Å². The van der Waals surface area contributed by atoms with E-state index < -0.39 is 0 Å². The van der Waals surface area contributed by atoms with Crippen LogP contribution in [0.3, 0.4) is 0 Å². The topological polar surface area (TPSA) is 0 Å². The molecule has 0 spiro atoms. The van der Waals surface area contributed by atoms with Crippen molar-refractivity contribution in [3.63, 3.8) is 0 Å². The fourth-order valence-electron chi connectivity index (χ4n) is 2.70. The minimum absolute atomic E-state index is 1.09. The second-order valence-electron chi connectivity index (χ2n) is 5.07. The molecular weight excluding hydrogens is 235 g/mol. The van der Waals surface area contributed by atoms with Gasteiger partial charge in [0.2, 0.25) is 0 Å². The zero-order valence-corrected chi connectivity index (χ0v) is 12.0. The van der Waals surface area contributed by atoms with Crippen molar-refractivity contribution in [3.8, 4) is 0 Å². The van der Waals surface area contributed by atoms with Gasteiger partial charge in [0.05, 0.1) is 0 Å². The Hall–Kier alpha value is -1.15. The summed E-state index contributed by atoms with van der Waals surface area (Å²) in [5.74, 6) is 0. The van der Waals surface area contributed by atoms with E-state index in [-0.39, 0.29) is 0 Å². The summed E-state index contributed by atoms with van der Waals surface area (Å²) in [6.07, 6.45) is 1.13. The number of benzene rings is 2. The fourth-order valence-corrected chi connectivity index (χ4v) is 3.94. The maximum Gasteiger partial charge on any atom is 0.195 e. The average Bonchev–Trinajstić information content (AvgIpc) is 2.36. The summed E-state index contributed by atoms with van der Waals surface area (Å²) < 4.78 is 0. The molecule has 0 radical (unpaired) electrons. The molecule has 3 rings (SSSR count). The number of hydrogen-bond acceptors (Lipinski definition) is 1. The van der Waals surface area contributed by atoms with E-state index in [4.69, 9.17) is 0 Å². The molecular formula is C16H17BS. The second kappa shape index (κ2) is 4.51. The highest BCUT2D eigenvalue weighted by atomic mass is 32.2. The molecule has 0 unspecified atom stereocenters. The van der Waals surface area contributed by atoms with Crippen molar-refractivity contribution in [3.05, 3.63) is 47.0 Å². The van der Waals surface area contributed by atoms with Crippen LogP contribution in [0.4, 0.5) is 0 Å². The van der Waals surface area contributed by atoms with Gasteiger partial charge in [-0.15, -0.1) is 0 Å². The van der Waals surface area contributed by atoms with Gasteiger partial charge in [0.25, 0.3) is 0 Å². The molecule has 1 heterocycles. The van der Waals surface area contributed by atoms with Gasteiger partial charge in [0.1, 0.15) is 0 Å². The minimum atomic E-state index is 1.09. The SMILES string of the molecule is CCc1cc2c(cc1C)Sc1cccc(C)c1B2. The monoisotopic (exact) mass is 252 g/mol. The molecule has 90 valence electrons. The molecule has 0 saturated carbocycles. The van der Waals surface area contributed by atoms with Gasteiger partial charge in [0, 0.05) is 9.79 Å². The third-order valence-electron chi connectivity index (χ3n) is 3.85. The molecule has 1 aliphatic rings. The Labute approximate surface area is 114 Å². The first-order chi connectivity index (χ1) is 8.69. The molecule has 2 heteroatoms. The first-order valence-corrected chi connectivity index (χ1v) is 7.39. The van der Waals surface area contributed by atoms with Gasteiger partial charge in [-0.1, -0.05) is 53.4 Å². The zero-order chi connectivity index (χ0) is 12.7. The maximum atomic E-state index is 2.41. The molecule has 0 fully saturated rings. The van der Waals surface area contributed by atoms with Gasteiger partial charge < -0.3 is 0 Å². The zero-order valence-electron chi connectivity index (χ0n) is 11.2. The van der Waals surface area contributed by atoms with Crippen LogP contribution < -0.4 is 10.9 Å². The van der Waals surface area contributed by atoms with Crippen LogP contribution in [-0.2, 0) is 6.42 Å². The lowest BCUT2D eigenvalue weighted by atomic mass is 9.61. The lowest BCUT2D eigenvalue weighted by molar-refractivity contribution is 1.10. The number of hydrogen-bond donors (Lipinski definition) is 0. The van der Waals surface area contributed by atoms with Crippen molar-refractivity contribution in [1.82, 2.24) is 0 Å². The van der Waals surface area contributed by atoms with E-state index in [0.717, 1.165) is 13.7 Å². The Morgan fingerprint density at radius 2 is 1.89 bits per heavy atom. The second-order valence-corrected chi connectivity index (χ2v) is 6.15. The first kappa shape index (κ1) is 11.9. The van der Waals surface area contributed by atoms with E-state index in [0.29, 0.717) is 0 Å². The van der Waals surface area contributed by atoms with Crippen molar-refractivity contribution >= 4 is 30.0 Å². The van der Waals surface area contributed by atoms with Crippen molar-refractivity contribution in [2.45, 2.75) is 37.0 Å². The van der Waals surface area contributed by atoms with Crippen LogP contribution in [0.15, 0.2) is 40.1 Å². The van der Waals surface area contributed by atoms with Gasteiger partial charge in [0.15, 0.2) is 7.28 Å². The predicted molar refractivity (Wildman–Crippen MR) is 82.3 cm³/mol.